The first kappa shape index (κ1) is 17.7. The van der Waals surface area contributed by atoms with Crippen LogP contribution >= 0.6 is 0 Å². The molecular formula is C22H25N3O2. The summed E-state index contributed by atoms with van der Waals surface area (Å²) >= 11 is 0. The number of rotatable bonds is 4. The largest absolute Gasteiger partial charge is 0.348 e. The molecule has 2 aromatic carbocycles. The highest BCUT2D eigenvalue weighted by atomic mass is 16.2. The van der Waals surface area contributed by atoms with Crippen LogP contribution in [0.25, 0.3) is 0 Å². The Morgan fingerprint density at radius 1 is 1.04 bits per heavy atom. The molecule has 0 aliphatic carbocycles. The maximum Gasteiger partial charge on any atom is 0.234 e. The Labute approximate surface area is 159 Å². The molecule has 2 N–H and O–H groups in total. The fourth-order valence-electron chi connectivity index (χ4n) is 4.13. The molecule has 2 heterocycles. The van der Waals surface area contributed by atoms with E-state index in [0.29, 0.717) is 18.9 Å². The normalized spacial score (nSPS) is 20.6. The highest BCUT2D eigenvalue weighted by Crippen LogP contribution is 2.30. The van der Waals surface area contributed by atoms with Crippen molar-refractivity contribution in [3.8, 4) is 0 Å². The molecule has 2 aliphatic heterocycles. The Balaban J connectivity index is 1.31. The van der Waals surface area contributed by atoms with E-state index >= 15 is 0 Å². The van der Waals surface area contributed by atoms with Gasteiger partial charge in [0, 0.05) is 5.69 Å². The summed E-state index contributed by atoms with van der Waals surface area (Å²) in [6, 6.07) is 18.0. The van der Waals surface area contributed by atoms with E-state index in [9.17, 15) is 9.59 Å². The number of piperidine rings is 1. The molecule has 0 unspecified atom stereocenters. The second-order valence-electron chi connectivity index (χ2n) is 7.42. The lowest BCUT2D eigenvalue weighted by molar-refractivity contribution is -0.123. The minimum Gasteiger partial charge on any atom is -0.348 e. The Morgan fingerprint density at radius 2 is 1.74 bits per heavy atom. The van der Waals surface area contributed by atoms with E-state index in [2.05, 4.69) is 39.8 Å². The lowest BCUT2D eigenvalue weighted by atomic mass is 9.89. The van der Waals surface area contributed by atoms with Crippen LogP contribution in [0, 0.1) is 0 Å². The molecule has 2 amide bonds. The van der Waals surface area contributed by atoms with Gasteiger partial charge in [-0.3, -0.25) is 14.5 Å². The van der Waals surface area contributed by atoms with Gasteiger partial charge in [0.1, 0.15) is 0 Å². The van der Waals surface area contributed by atoms with Crippen molar-refractivity contribution in [1.29, 1.82) is 0 Å². The summed E-state index contributed by atoms with van der Waals surface area (Å²) in [6.45, 7) is 2.24. The third-order valence-electron chi connectivity index (χ3n) is 5.56. The van der Waals surface area contributed by atoms with Crippen LogP contribution < -0.4 is 10.6 Å². The number of nitrogens with zero attached hydrogens (tertiary/aromatic N) is 1. The SMILES string of the molecule is O=C1C[C@@H](NC(=O)CN2CCC(c3ccccc3)CC2)c2ccccc2N1. The number of hydrogen-bond acceptors (Lipinski definition) is 3. The van der Waals surface area contributed by atoms with Gasteiger partial charge in [-0.15, -0.1) is 0 Å². The zero-order chi connectivity index (χ0) is 18.6. The number of hydrogen-bond donors (Lipinski definition) is 2. The maximum absolute atomic E-state index is 12.6. The van der Waals surface area contributed by atoms with Gasteiger partial charge in [0.15, 0.2) is 0 Å². The number of likely N-dealkylation sites (tertiary alicyclic amines) is 1. The molecule has 2 aliphatic rings. The number of anilines is 1. The molecule has 4 rings (SSSR count). The standard InChI is InChI=1S/C22H25N3O2/c26-21-14-20(18-8-4-5-9-19(18)23-21)24-22(27)15-25-12-10-17(11-13-25)16-6-2-1-3-7-16/h1-9,17,20H,10-15H2,(H,23,26)(H,24,27)/t20-/m1/s1. The quantitative estimate of drug-likeness (QED) is 0.878. The average Bonchev–Trinajstić information content (AvgIpc) is 2.69. The van der Waals surface area contributed by atoms with Crippen LogP contribution in [0.15, 0.2) is 54.6 Å². The zero-order valence-corrected chi connectivity index (χ0v) is 15.4. The van der Waals surface area contributed by atoms with E-state index in [-0.39, 0.29) is 17.9 Å². The van der Waals surface area contributed by atoms with Crippen molar-refractivity contribution in [2.75, 3.05) is 25.0 Å². The molecule has 5 heteroatoms. The molecule has 0 saturated carbocycles. The summed E-state index contributed by atoms with van der Waals surface area (Å²) in [6.07, 6.45) is 2.44. The third kappa shape index (κ3) is 4.19. The smallest absolute Gasteiger partial charge is 0.234 e. The monoisotopic (exact) mass is 363 g/mol. The van der Waals surface area contributed by atoms with Gasteiger partial charge in [0.2, 0.25) is 11.8 Å². The number of benzene rings is 2. The predicted octanol–water partition coefficient (Wildman–Crippen LogP) is 3.07. The first-order valence-electron chi connectivity index (χ1n) is 9.64. The van der Waals surface area contributed by atoms with E-state index in [1.807, 2.05) is 30.3 Å². The zero-order valence-electron chi connectivity index (χ0n) is 15.4. The van der Waals surface area contributed by atoms with Gasteiger partial charge >= 0.3 is 0 Å². The summed E-state index contributed by atoms with van der Waals surface area (Å²) < 4.78 is 0. The van der Waals surface area contributed by atoms with Crippen LogP contribution in [0.4, 0.5) is 5.69 Å². The first-order chi connectivity index (χ1) is 13.2. The number of carbonyl (C=O) groups excluding carboxylic acids is 2. The molecule has 0 spiro atoms. The highest BCUT2D eigenvalue weighted by Gasteiger charge is 2.27. The van der Waals surface area contributed by atoms with E-state index in [0.717, 1.165) is 37.2 Å². The molecule has 1 saturated heterocycles. The molecule has 140 valence electrons. The molecule has 0 bridgehead atoms. The number of nitrogens with one attached hydrogen (secondary N) is 2. The molecule has 0 radical (unpaired) electrons. The summed E-state index contributed by atoms with van der Waals surface area (Å²) in [5.74, 6) is 0.518. The molecule has 0 aromatic heterocycles. The van der Waals surface area contributed by atoms with Gasteiger partial charge in [-0.05, 0) is 49.0 Å². The van der Waals surface area contributed by atoms with Crippen LogP contribution in [0.5, 0.6) is 0 Å². The molecule has 1 atom stereocenters. The third-order valence-corrected chi connectivity index (χ3v) is 5.56. The summed E-state index contributed by atoms with van der Waals surface area (Å²) in [5, 5.41) is 5.92. The van der Waals surface area contributed by atoms with Crippen LogP contribution in [0.3, 0.4) is 0 Å². The molecule has 27 heavy (non-hydrogen) atoms. The van der Waals surface area contributed by atoms with Crippen molar-refractivity contribution < 1.29 is 9.59 Å². The second kappa shape index (κ2) is 7.92. The summed E-state index contributed by atoms with van der Waals surface area (Å²) in [5.41, 5.74) is 3.17. The van der Waals surface area contributed by atoms with E-state index < -0.39 is 0 Å². The van der Waals surface area contributed by atoms with Crippen LogP contribution in [-0.2, 0) is 9.59 Å². The highest BCUT2D eigenvalue weighted by molar-refractivity contribution is 5.95. The molecule has 2 aromatic rings. The van der Waals surface area contributed by atoms with Gasteiger partial charge in [-0.1, -0.05) is 48.5 Å². The fourth-order valence-corrected chi connectivity index (χ4v) is 4.13. The Kier molecular flexibility index (Phi) is 5.21. The Morgan fingerprint density at radius 3 is 2.52 bits per heavy atom. The van der Waals surface area contributed by atoms with Crippen molar-refractivity contribution in [2.24, 2.45) is 0 Å². The minimum absolute atomic E-state index is 0.0114. The number of carbonyl (C=O) groups is 2. The molecule has 1 fully saturated rings. The van der Waals surface area contributed by atoms with Gasteiger partial charge in [0.05, 0.1) is 19.0 Å². The van der Waals surface area contributed by atoms with Crippen molar-refractivity contribution in [1.82, 2.24) is 10.2 Å². The summed E-state index contributed by atoms with van der Waals surface area (Å²) in [4.78, 5) is 26.7. The second-order valence-corrected chi connectivity index (χ2v) is 7.42. The number of fused-ring (bicyclic) bond motifs is 1. The van der Waals surface area contributed by atoms with Gasteiger partial charge in [-0.2, -0.15) is 0 Å². The Hall–Kier alpha value is -2.66. The van der Waals surface area contributed by atoms with E-state index in [1.54, 1.807) is 0 Å². The van der Waals surface area contributed by atoms with Gasteiger partial charge < -0.3 is 10.6 Å². The van der Waals surface area contributed by atoms with Gasteiger partial charge in [-0.25, -0.2) is 0 Å². The number of para-hydroxylation sites is 1. The van der Waals surface area contributed by atoms with Crippen LogP contribution in [-0.4, -0.2) is 36.3 Å². The average molecular weight is 363 g/mol. The topological polar surface area (TPSA) is 61.4 Å². The number of amides is 2. The predicted molar refractivity (Wildman–Crippen MR) is 105 cm³/mol. The lowest BCUT2D eigenvalue weighted by Crippen LogP contribution is -2.43. The Bertz CT molecular complexity index is 813. The molecule has 5 nitrogen and oxygen atoms in total. The van der Waals surface area contributed by atoms with Gasteiger partial charge in [0.25, 0.3) is 0 Å². The first-order valence-corrected chi connectivity index (χ1v) is 9.64. The molecular weight excluding hydrogens is 338 g/mol. The summed E-state index contributed by atoms with van der Waals surface area (Å²) in [7, 11) is 0. The fraction of sp³-hybridized carbons (Fsp3) is 0.364. The van der Waals surface area contributed by atoms with E-state index in [4.69, 9.17) is 0 Å². The lowest BCUT2D eigenvalue weighted by Gasteiger charge is -2.32. The minimum atomic E-state index is -0.246. The van der Waals surface area contributed by atoms with E-state index in [1.165, 1.54) is 5.56 Å². The van der Waals surface area contributed by atoms with Crippen molar-refractivity contribution in [2.45, 2.75) is 31.2 Å². The van der Waals surface area contributed by atoms with Crippen molar-refractivity contribution >= 4 is 17.5 Å². The van der Waals surface area contributed by atoms with Crippen LogP contribution in [0.2, 0.25) is 0 Å². The maximum atomic E-state index is 12.6. The van der Waals surface area contributed by atoms with Crippen LogP contribution in [0.1, 0.15) is 42.3 Å². The van der Waals surface area contributed by atoms with Crippen molar-refractivity contribution in [3.63, 3.8) is 0 Å². The van der Waals surface area contributed by atoms with Crippen molar-refractivity contribution in [3.05, 3.63) is 65.7 Å².